The maximum absolute atomic E-state index is 5.79. The average molecular weight is 212 g/mol. The van der Waals surface area contributed by atoms with Gasteiger partial charge in [0.15, 0.2) is 5.60 Å². The first kappa shape index (κ1) is 9.93. The Balaban J connectivity index is 1.78. The SMILES string of the molecule is C(#C[C@]12CCCCC[C@H]1O2)c1ccccc1. The predicted octanol–water partition coefficient (Wildman–Crippen LogP) is 3.14. The van der Waals surface area contributed by atoms with E-state index < -0.39 is 0 Å². The van der Waals surface area contributed by atoms with Gasteiger partial charge in [-0.3, -0.25) is 0 Å². The minimum Gasteiger partial charge on any atom is -0.352 e. The summed E-state index contributed by atoms with van der Waals surface area (Å²) in [5.41, 5.74) is 1.02. The molecule has 1 heterocycles. The summed E-state index contributed by atoms with van der Waals surface area (Å²) >= 11 is 0. The van der Waals surface area contributed by atoms with Gasteiger partial charge in [-0.25, -0.2) is 0 Å². The lowest BCUT2D eigenvalue weighted by molar-refractivity contribution is 0.303. The van der Waals surface area contributed by atoms with E-state index >= 15 is 0 Å². The van der Waals surface area contributed by atoms with E-state index in [1.54, 1.807) is 0 Å². The van der Waals surface area contributed by atoms with Gasteiger partial charge < -0.3 is 4.74 Å². The second-order valence-electron chi connectivity index (χ2n) is 4.71. The summed E-state index contributed by atoms with van der Waals surface area (Å²) in [5, 5.41) is 0. The zero-order valence-electron chi connectivity index (χ0n) is 9.41. The Morgan fingerprint density at radius 3 is 2.88 bits per heavy atom. The Morgan fingerprint density at radius 1 is 1.12 bits per heavy atom. The van der Waals surface area contributed by atoms with Crippen molar-refractivity contribution in [1.82, 2.24) is 0 Å². The van der Waals surface area contributed by atoms with Crippen LogP contribution in [-0.4, -0.2) is 11.7 Å². The van der Waals surface area contributed by atoms with Gasteiger partial charge in [0.05, 0.1) is 6.10 Å². The number of benzene rings is 1. The van der Waals surface area contributed by atoms with Crippen LogP contribution < -0.4 is 0 Å². The van der Waals surface area contributed by atoms with Crippen LogP contribution in [0.4, 0.5) is 0 Å². The van der Waals surface area contributed by atoms with Gasteiger partial charge in [-0.05, 0) is 31.4 Å². The van der Waals surface area contributed by atoms with Gasteiger partial charge in [-0.2, -0.15) is 0 Å². The molecule has 1 aliphatic heterocycles. The van der Waals surface area contributed by atoms with Crippen molar-refractivity contribution >= 4 is 0 Å². The number of hydrogen-bond donors (Lipinski definition) is 0. The van der Waals surface area contributed by atoms with E-state index in [0.717, 1.165) is 12.0 Å². The Hall–Kier alpha value is -1.26. The van der Waals surface area contributed by atoms with Gasteiger partial charge in [0.25, 0.3) is 0 Å². The van der Waals surface area contributed by atoms with Gasteiger partial charge >= 0.3 is 0 Å². The Kier molecular flexibility index (Phi) is 2.46. The molecule has 82 valence electrons. The Morgan fingerprint density at radius 2 is 2.00 bits per heavy atom. The minimum absolute atomic E-state index is 0.0770. The third-order valence-corrected chi connectivity index (χ3v) is 3.52. The van der Waals surface area contributed by atoms with Crippen LogP contribution in [0.1, 0.15) is 37.7 Å². The van der Waals surface area contributed by atoms with Gasteiger partial charge in [-0.1, -0.05) is 42.9 Å². The van der Waals surface area contributed by atoms with Crippen molar-refractivity contribution in [2.24, 2.45) is 0 Å². The summed E-state index contributed by atoms with van der Waals surface area (Å²) in [6, 6.07) is 10.2. The van der Waals surface area contributed by atoms with Crippen molar-refractivity contribution in [2.45, 2.75) is 43.8 Å². The van der Waals surface area contributed by atoms with Gasteiger partial charge in [-0.15, -0.1) is 0 Å². The number of ether oxygens (including phenoxy) is 1. The third-order valence-electron chi connectivity index (χ3n) is 3.52. The Bertz CT molecular complexity index is 426. The molecule has 0 N–H and O–H groups in total. The van der Waals surface area contributed by atoms with Crippen LogP contribution >= 0.6 is 0 Å². The van der Waals surface area contributed by atoms with Crippen molar-refractivity contribution in [3.05, 3.63) is 35.9 Å². The van der Waals surface area contributed by atoms with E-state index in [0.29, 0.717) is 6.10 Å². The molecule has 1 nitrogen and oxygen atoms in total. The molecule has 1 aromatic rings. The molecule has 0 radical (unpaired) electrons. The van der Waals surface area contributed by atoms with Gasteiger partial charge in [0.2, 0.25) is 0 Å². The number of epoxide rings is 1. The molecule has 0 unspecified atom stereocenters. The van der Waals surface area contributed by atoms with E-state index in [9.17, 15) is 0 Å². The summed E-state index contributed by atoms with van der Waals surface area (Å²) in [6.07, 6.45) is 6.65. The van der Waals surface area contributed by atoms with E-state index in [2.05, 4.69) is 24.0 Å². The summed E-state index contributed by atoms with van der Waals surface area (Å²) in [6.45, 7) is 0. The number of fused-ring (bicyclic) bond motifs is 1. The molecule has 0 amide bonds. The molecule has 3 rings (SSSR count). The molecule has 1 heteroatoms. The molecule has 1 saturated carbocycles. The highest BCUT2D eigenvalue weighted by Crippen LogP contribution is 2.45. The molecule has 2 aliphatic rings. The molecule has 0 spiro atoms. The standard InChI is InChI=1S/C15H16O/c1-3-7-13(8-4-1)10-12-15-11-6-2-5-9-14(15)16-15/h1,3-4,7-8,14H,2,5-6,9,11H2/t14-,15-/m1/s1. The smallest absolute Gasteiger partial charge is 0.155 e. The summed E-state index contributed by atoms with van der Waals surface area (Å²) in [7, 11) is 0. The zero-order chi connectivity index (χ0) is 10.8. The average Bonchev–Trinajstić information content (AvgIpc) is 3.02. The summed E-state index contributed by atoms with van der Waals surface area (Å²) in [5.74, 6) is 6.61. The normalized spacial score (nSPS) is 31.9. The van der Waals surface area contributed by atoms with Gasteiger partial charge in [0, 0.05) is 5.56 Å². The lowest BCUT2D eigenvalue weighted by atomic mass is 10.0. The predicted molar refractivity (Wildman–Crippen MR) is 64.0 cm³/mol. The van der Waals surface area contributed by atoms with E-state index in [4.69, 9.17) is 4.74 Å². The molecular formula is C15H16O. The van der Waals surface area contributed by atoms with Crippen molar-refractivity contribution < 1.29 is 4.74 Å². The van der Waals surface area contributed by atoms with E-state index in [1.807, 2.05) is 18.2 Å². The maximum atomic E-state index is 5.79. The highest BCUT2D eigenvalue weighted by atomic mass is 16.6. The number of rotatable bonds is 0. The third kappa shape index (κ3) is 1.86. The first-order valence-corrected chi connectivity index (χ1v) is 6.15. The molecular weight excluding hydrogens is 196 g/mol. The maximum Gasteiger partial charge on any atom is 0.155 e. The van der Waals surface area contributed by atoms with Crippen LogP contribution in [0.3, 0.4) is 0 Å². The second-order valence-corrected chi connectivity index (χ2v) is 4.71. The quantitative estimate of drug-likeness (QED) is 0.475. The zero-order valence-corrected chi connectivity index (χ0v) is 9.41. The van der Waals surface area contributed by atoms with E-state index in [1.165, 1.54) is 25.7 Å². The lowest BCUT2D eigenvalue weighted by Crippen LogP contribution is -2.10. The summed E-state index contributed by atoms with van der Waals surface area (Å²) in [4.78, 5) is 0. The van der Waals surface area contributed by atoms with Crippen LogP contribution in [0.5, 0.6) is 0 Å². The van der Waals surface area contributed by atoms with Gasteiger partial charge in [0.1, 0.15) is 0 Å². The fourth-order valence-corrected chi connectivity index (χ4v) is 2.50. The topological polar surface area (TPSA) is 12.5 Å². The molecule has 1 aromatic carbocycles. The lowest BCUT2D eigenvalue weighted by Gasteiger charge is -2.00. The van der Waals surface area contributed by atoms with E-state index in [-0.39, 0.29) is 5.60 Å². The first-order chi connectivity index (χ1) is 7.89. The molecule has 0 bridgehead atoms. The van der Waals surface area contributed by atoms with Crippen molar-refractivity contribution in [1.29, 1.82) is 0 Å². The highest BCUT2D eigenvalue weighted by Gasteiger charge is 2.55. The van der Waals surface area contributed by atoms with Crippen LogP contribution in [0, 0.1) is 11.8 Å². The molecule has 0 aromatic heterocycles. The minimum atomic E-state index is -0.0770. The highest BCUT2D eigenvalue weighted by molar-refractivity contribution is 5.38. The first-order valence-electron chi connectivity index (χ1n) is 6.15. The second kappa shape index (κ2) is 3.96. The monoisotopic (exact) mass is 212 g/mol. The Labute approximate surface area is 96.8 Å². The fourth-order valence-electron chi connectivity index (χ4n) is 2.50. The van der Waals surface area contributed by atoms with Crippen molar-refractivity contribution in [2.75, 3.05) is 0 Å². The molecule has 2 fully saturated rings. The summed E-state index contributed by atoms with van der Waals surface area (Å²) < 4.78 is 5.79. The largest absolute Gasteiger partial charge is 0.352 e. The van der Waals surface area contributed by atoms with Crippen molar-refractivity contribution in [3.63, 3.8) is 0 Å². The molecule has 2 atom stereocenters. The van der Waals surface area contributed by atoms with Crippen LogP contribution in [-0.2, 0) is 4.74 Å². The van der Waals surface area contributed by atoms with Crippen LogP contribution in [0.2, 0.25) is 0 Å². The molecule has 1 saturated heterocycles. The van der Waals surface area contributed by atoms with Crippen LogP contribution in [0.25, 0.3) is 0 Å². The van der Waals surface area contributed by atoms with Crippen molar-refractivity contribution in [3.8, 4) is 11.8 Å². The van der Waals surface area contributed by atoms with Crippen LogP contribution in [0.15, 0.2) is 30.3 Å². The molecule has 16 heavy (non-hydrogen) atoms. The molecule has 1 aliphatic carbocycles. The fraction of sp³-hybridized carbons (Fsp3) is 0.467. The number of hydrogen-bond acceptors (Lipinski definition) is 1.